The van der Waals surface area contributed by atoms with E-state index in [9.17, 15) is 0 Å². The second kappa shape index (κ2) is 8.54. The Labute approximate surface area is 121 Å². The number of hydrogen-bond acceptors (Lipinski definition) is 3. The van der Waals surface area contributed by atoms with E-state index in [1.807, 2.05) is 32.0 Å². The van der Waals surface area contributed by atoms with E-state index in [1.165, 1.54) is 5.56 Å². The molecular weight excluding hydrogens is 262 g/mol. The summed E-state index contributed by atoms with van der Waals surface area (Å²) in [6.45, 7) is 8.16. The zero-order valence-electron chi connectivity index (χ0n) is 12.2. The quantitative estimate of drug-likeness (QED) is 0.679. The van der Waals surface area contributed by atoms with Crippen molar-refractivity contribution in [2.24, 2.45) is 0 Å². The van der Waals surface area contributed by atoms with Crippen molar-refractivity contribution in [3.8, 4) is 0 Å². The van der Waals surface area contributed by atoms with Gasteiger partial charge in [0.2, 0.25) is 0 Å². The lowest BCUT2D eigenvalue weighted by Gasteiger charge is -2.29. The van der Waals surface area contributed by atoms with Crippen molar-refractivity contribution in [1.29, 1.82) is 0 Å². The van der Waals surface area contributed by atoms with Crippen LogP contribution in [-0.2, 0) is 9.47 Å². The first-order valence-corrected chi connectivity index (χ1v) is 7.15. The van der Waals surface area contributed by atoms with Crippen LogP contribution in [0.4, 0.5) is 0 Å². The number of likely N-dealkylation sites (N-methyl/N-ethyl adjacent to an activating group) is 1. The lowest BCUT2D eigenvalue weighted by molar-refractivity contribution is -0.147. The molecule has 0 aliphatic heterocycles. The number of benzene rings is 1. The van der Waals surface area contributed by atoms with Gasteiger partial charge < -0.3 is 9.47 Å². The molecule has 1 rings (SSSR count). The van der Waals surface area contributed by atoms with E-state index in [2.05, 4.69) is 24.9 Å². The van der Waals surface area contributed by atoms with Gasteiger partial charge in [-0.2, -0.15) is 0 Å². The van der Waals surface area contributed by atoms with E-state index in [4.69, 9.17) is 21.1 Å². The van der Waals surface area contributed by atoms with Gasteiger partial charge in [0.15, 0.2) is 6.29 Å². The summed E-state index contributed by atoms with van der Waals surface area (Å²) in [5, 5.41) is 0.768. The molecule has 0 spiro atoms. The summed E-state index contributed by atoms with van der Waals surface area (Å²) in [6.07, 6.45) is -0.179. The molecule has 0 aliphatic rings. The van der Waals surface area contributed by atoms with Gasteiger partial charge in [0.05, 0.1) is 0 Å². The molecule has 1 aromatic carbocycles. The minimum absolute atomic E-state index is 0.179. The molecule has 0 radical (unpaired) electrons. The lowest BCUT2D eigenvalue weighted by Crippen LogP contribution is -2.34. The molecule has 0 aromatic heterocycles. The van der Waals surface area contributed by atoms with Crippen LogP contribution >= 0.6 is 11.6 Å². The predicted molar refractivity (Wildman–Crippen MR) is 79.5 cm³/mol. The van der Waals surface area contributed by atoms with E-state index in [1.54, 1.807) is 0 Å². The Morgan fingerprint density at radius 2 is 1.84 bits per heavy atom. The average Bonchev–Trinajstić information content (AvgIpc) is 2.38. The van der Waals surface area contributed by atoms with Crippen LogP contribution in [0.5, 0.6) is 0 Å². The van der Waals surface area contributed by atoms with Gasteiger partial charge in [0.25, 0.3) is 0 Å². The maximum atomic E-state index is 6.03. The molecule has 0 bridgehead atoms. The van der Waals surface area contributed by atoms with Gasteiger partial charge in [-0.3, -0.25) is 4.90 Å². The molecule has 4 heteroatoms. The monoisotopic (exact) mass is 285 g/mol. The SMILES string of the molecule is CCOC(CN(C)C(C)c1cccc(Cl)c1)OCC. The van der Waals surface area contributed by atoms with Crippen molar-refractivity contribution >= 4 is 11.6 Å². The lowest BCUT2D eigenvalue weighted by atomic mass is 10.1. The van der Waals surface area contributed by atoms with E-state index in [0.29, 0.717) is 13.2 Å². The minimum Gasteiger partial charge on any atom is -0.352 e. The van der Waals surface area contributed by atoms with Crippen molar-refractivity contribution in [3.63, 3.8) is 0 Å². The Morgan fingerprint density at radius 3 is 2.37 bits per heavy atom. The van der Waals surface area contributed by atoms with Crippen molar-refractivity contribution in [2.75, 3.05) is 26.8 Å². The average molecular weight is 286 g/mol. The standard InChI is InChI=1S/C15H24ClNO2/c1-5-18-15(19-6-2)11-17(4)12(3)13-8-7-9-14(16)10-13/h7-10,12,15H,5-6,11H2,1-4H3. The predicted octanol–water partition coefficient (Wildman–Crippen LogP) is 3.73. The first kappa shape index (κ1) is 16.4. The zero-order valence-corrected chi connectivity index (χ0v) is 13.0. The number of halogens is 1. The molecule has 1 aromatic rings. The molecule has 0 aliphatic carbocycles. The number of nitrogens with zero attached hydrogens (tertiary/aromatic N) is 1. The van der Waals surface area contributed by atoms with Gasteiger partial charge in [0.1, 0.15) is 0 Å². The van der Waals surface area contributed by atoms with Crippen molar-refractivity contribution in [1.82, 2.24) is 4.90 Å². The normalized spacial score (nSPS) is 13.2. The third-order valence-electron chi connectivity index (χ3n) is 3.13. The Morgan fingerprint density at radius 1 is 1.21 bits per heavy atom. The molecular formula is C15H24ClNO2. The highest BCUT2D eigenvalue weighted by Crippen LogP contribution is 2.22. The van der Waals surface area contributed by atoms with Crippen molar-refractivity contribution in [3.05, 3.63) is 34.9 Å². The van der Waals surface area contributed by atoms with Gasteiger partial charge in [-0.25, -0.2) is 0 Å². The van der Waals surface area contributed by atoms with Gasteiger partial charge in [-0.05, 0) is 45.5 Å². The largest absolute Gasteiger partial charge is 0.352 e. The zero-order chi connectivity index (χ0) is 14.3. The molecule has 108 valence electrons. The molecule has 0 heterocycles. The molecule has 0 saturated heterocycles. The highest BCUT2D eigenvalue weighted by molar-refractivity contribution is 6.30. The molecule has 0 amide bonds. The van der Waals surface area contributed by atoms with E-state index >= 15 is 0 Å². The van der Waals surface area contributed by atoms with E-state index in [-0.39, 0.29) is 12.3 Å². The fourth-order valence-corrected chi connectivity index (χ4v) is 2.14. The van der Waals surface area contributed by atoms with Gasteiger partial charge in [-0.1, -0.05) is 23.7 Å². The van der Waals surface area contributed by atoms with Crippen molar-refractivity contribution < 1.29 is 9.47 Å². The summed E-state index contributed by atoms with van der Waals surface area (Å²) in [5.41, 5.74) is 1.20. The van der Waals surface area contributed by atoms with Gasteiger partial charge >= 0.3 is 0 Å². The maximum absolute atomic E-state index is 6.03. The molecule has 1 unspecified atom stereocenters. The van der Waals surface area contributed by atoms with Crippen molar-refractivity contribution in [2.45, 2.75) is 33.1 Å². The first-order chi connectivity index (χ1) is 9.08. The van der Waals surface area contributed by atoms with E-state index < -0.39 is 0 Å². The van der Waals surface area contributed by atoms with Gasteiger partial charge in [0, 0.05) is 30.8 Å². The smallest absolute Gasteiger partial charge is 0.170 e. The highest BCUT2D eigenvalue weighted by Gasteiger charge is 2.17. The fourth-order valence-electron chi connectivity index (χ4n) is 1.94. The summed E-state index contributed by atoms with van der Waals surface area (Å²) in [4.78, 5) is 2.21. The molecule has 3 nitrogen and oxygen atoms in total. The third-order valence-corrected chi connectivity index (χ3v) is 3.37. The summed E-state index contributed by atoms with van der Waals surface area (Å²) in [5.74, 6) is 0. The molecule has 19 heavy (non-hydrogen) atoms. The van der Waals surface area contributed by atoms with Crippen LogP contribution in [0.2, 0.25) is 5.02 Å². The Hall–Kier alpha value is -0.610. The van der Waals surface area contributed by atoms with Crippen LogP contribution in [0.3, 0.4) is 0 Å². The maximum Gasteiger partial charge on any atom is 0.170 e. The number of rotatable bonds is 8. The second-order valence-corrected chi connectivity index (χ2v) is 4.95. The molecule has 0 N–H and O–H groups in total. The summed E-state index contributed by atoms with van der Waals surface area (Å²) >= 11 is 6.03. The van der Waals surface area contributed by atoms with Crippen LogP contribution in [0, 0.1) is 0 Å². The number of ether oxygens (including phenoxy) is 2. The molecule has 0 saturated carbocycles. The summed E-state index contributed by atoms with van der Waals surface area (Å²) in [7, 11) is 2.07. The summed E-state index contributed by atoms with van der Waals surface area (Å²) < 4.78 is 11.1. The Kier molecular flexibility index (Phi) is 7.39. The van der Waals surface area contributed by atoms with Crippen LogP contribution in [-0.4, -0.2) is 38.0 Å². The fraction of sp³-hybridized carbons (Fsp3) is 0.600. The molecule has 1 atom stereocenters. The third kappa shape index (κ3) is 5.49. The Balaban J connectivity index is 2.62. The van der Waals surface area contributed by atoms with E-state index in [0.717, 1.165) is 11.6 Å². The topological polar surface area (TPSA) is 21.7 Å². The minimum atomic E-state index is -0.179. The van der Waals surface area contributed by atoms with Crippen LogP contribution in [0.15, 0.2) is 24.3 Å². The highest BCUT2D eigenvalue weighted by atomic mass is 35.5. The van der Waals surface area contributed by atoms with Gasteiger partial charge in [-0.15, -0.1) is 0 Å². The Bertz CT molecular complexity index is 367. The van der Waals surface area contributed by atoms with Crippen LogP contribution in [0.25, 0.3) is 0 Å². The van der Waals surface area contributed by atoms with Crippen LogP contribution < -0.4 is 0 Å². The first-order valence-electron chi connectivity index (χ1n) is 6.77. The molecule has 0 fully saturated rings. The van der Waals surface area contributed by atoms with Crippen LogP contribution in [0.1, 0.15) is 32.4 Å². The number of hydrogen-bond donors (Lipinski definition) is 0. The second-order valence-electron chi connectivity index (χ2n) is 4.51. The summed E-state index contributed by atoms with van der Waals surface area (Å²) in [6, 6.07) is 8.22.